The van der Waals surface area contributed by atoms with E-state index in [0.717, 1.165) is 18.4 Å². The van der Waals surface area contributed by atoms with Gasteiger partial charge in [-0.15, -0.1) is 0 Å². The first-order valence-corrected chi connectivity index (χ1v) is 8.66. The van der Waals surface area contributed by atoms with Crippen LogP contribution >= 0.6 is 0 Å². The molecule has 1 aliphatic heterocycles. The first-order valence-electron chi connectivity index (χ1n) is 8.66. The molecular formula is C20H24N2O4. The van der Waals surface area contributed by atoms with Gasteiger partial charge in [0.1, 0.15) is 5.69 Å². The summed E-state index contributed by atoms with van der Waals surface area (Å²) < 4.78 is 12.4. The fourth-order valence-corrected chi connectivity index (χ4v) is 3.53. The van der Waals surface area contributed by atoms with Crippen molar-refractivity contribution in [3.05, 3.63) is 47.3 Å². The summed E-state index contributed by atoms with van der Waals surface area (Å²) in [5.74, 6) is 1.22. The van der Waals surface area contributed by atoms with Gasteiger partial charge in [0.15, 0.2) is 17.3 Å². The Kier molecular flexibility index (Phi) is 5.02. The largest absolute Gasteiger partial charge is 0.493 e. The summed E-state index contributed by atoms with van der Waals surface area (Å²) in [6.45, 7) is 2.20. The number of carbonyl (C=O) groups is 2. The number of hydrogen-bond donors (Lipinski definition) is 0. The average molecular weight is 356 g/mol. The molecule has 1 aromatic carbocycles. The second-order valence-corrected chi connectivity index (χ2v) is 6.55. The zero-order valence-corrected chi connectivity index (χ0v) is 15.6. The van der Waals surface area contributed by atoms with Crippen molar-refractivity contribution in [2.75, 3.05) is 20.8 Å². The van der Waals surface area contributed by atoms with Crippen LogP contribution in [-0.4, -0.2) is 41.9 Å². The summed E-state index contributed by atoms with van der Waals surface area (Å²) in [5.41, 5.74) is 2.11. The zero-order valence-electron chi connectivity index (χ0n) is 15.6. The van der Waals surface area contributed by atoms with E-state index in [1.807, 2.05) is 23.1 Å². The fraction of sp³-hybridized carbons (Fsp3) is 0.400. The van der Waals surface area contributed by atoms with Gasteiger partial charge >= 0.3 is 0 Å². The van der Waals surface area contributed by atoms with Crippen LogP contribution in [0.15, 0.2) is 30.5 Å². The molecule has 1 aromatic heterocycles. The molecule has 3 rings (SSSR count). The normalized spacial score (nSPS) is 16.6. The molecule has 0 N–H and O–H groups in total. The molecule has 6 nitrogen and oxygen atoms in total. The van der Waals surface area contributed by atoms with Crippen LogP contribution in [0, 0.1) is 0 Å². The predicted molar refractivity (Wildman–Crippen MR) is 98.0 cm³/mol. The molecule has 26 heavy (non-hydrogen) atoms. The van der Waals surface area contributed by atoms with Crippen LogP contribution in [0.1, 0.15) is 52.2 Å². The first-order chi connectivity index (χ1) is 12.5. The summed E-state index contributed by atoms with van der Waals surface area (Å²) in [5, 5.41) is 0. The highest BCUT2D eigenvalue weighted by atomic mass is 16.5. The number of ether oxygens (including phenoxy) is 2. The third kappa shape index (κ3) is 3.19. The van der Waals surface area contributed by atoms with Crippen LogP contribution < -0.4 is 9.47 Å². The van der Waals surface area contributed by atoms with Crippen LogP contribution in [0.5, 0.6) is 11.5 Å². The molecule has 2 aromatic rings. The molecule has 1 atom stereocenters. The number of amides is 1. The SMILES string of the molecule is COc1ccc(C2CCCN2C(=O)c2cc(C(C)=O)cn2C)cc1OC. The second-order valence-electron chi connectivity index (χ2n) is 6.55. The molecule has 0 aliphatic carbocycles. The van der Waals surface area contributed by atoms with E-state index in [1.165, 1.54) is 6.92 Å². The monoisotopic (exact) mass is 356 g/mol. The minimum absolute atomic E-state index is 0.0158. The lowest BCUT2D eigenvalue weighted by atomic mass is 10.0. The van der Waals surface area contributed by atoms with Gasteiger partial charge in [0.2, 0.25) is 0 Å². The fourth-order valence-electron chi connectivity index (χ4n) is 3.53. The quantitative estimate of drug-likeness (QED) is 0.772. The number of ketones is 1. The summed E-state index contributed by atoms with van der Waals surface area (Å²) in [6.07, 6.45) is 3.54. The summed E-state index contributed by atoms with van der Waals surface area (Å²) in [7, 11) is 5.00. The maximum Gasteiger partial charge on any atom is 0.271 e. The molecule has 0 saturated carbocycles. The minimum Gasteiger partial charge on any atom is -0.493 e. The van der Waals surface area contributed by atoms with E-state index in [9.17, 15) is 9.59 Å². The van der Waals surface area contributed by atoms with Crippen LogP contribution in [-0.2, 0) is 7.05 Å². The maximum atomic E-state index is 13.1. The van der Waals surface area contributed by atoms with Gasteiger partial charge in [-0.2, -0.15) is 0 Å². The lowest BCUT2D eigenvalue weighted by molar-refractivity contribution is 0.0725. The van der Waals surface area contributed by atoms with Crippen molar-refractivity contribution in [2.45, 2.75) is 25.8 Å². The number of rotatable bonds is 5. The van der Waals surface area contributed by atoms with Gasteiger partial charge in [-0.1, -0.05) is 6.07 Å². The lowest BCUT2D eigenvalue weighted by Crippen LogP contribution is -2.31. The maximum absolute atomic E-state index is 13.1. The Morgan fingerprint density at radius 3 is 2.46 bits per heavy atom. The van der Waals surface area contributed by atoms with Crippen molar-refractivity contribution in [1.82, 2.24) is 9.47 Å². The topological polar surface area (TPSA) is 60.8 Å². The van der Waals surface area contributed by atoms with Crippen molar-refractivity contribution in [3.63, 3.8) is 0 Å². The molecule has 1 fully saturated rings. The number of aromatic nitrogens is 1. The number of nitrogens with zero attached hydrogens (tertiary/aromatic N) is 2. The smallest absolute Gasteiger partial charge is 0.271 e. The predicted octanol–water partition coefficient (Wildman–Crippen LogP) is 3.22. The molecule has 2 heterocycles. The highest BCUT2D eigenvalue weighted by molar-refractivity contribution is 5.99. The highest BCUT2D eigenvalue weighted by Crippen LogP contribution is 2.37. The summed E-state index contributed by atoms with van der Waals surface area (Å²) in [4.78, 5) is 26.6. The molecule has 1 amide bonds. The van der Waals surface area contributed by atoms with Crippen molar-refractivity contribution in [1.29, 1.82) is 0 Å². The van der Waals surface area contributed by atoms with Crippen molar-refractivity contribution in [2.24, 2.45) is 7.05 Å². The van der Waals surface area contributed by atoms with Crippen LogP contribution in [0.25, 0.3) is 0 Å². The molecule has 0 spiro atoms. The Balaban J connectivity index is 1.91. The Hall–Kier alpha value is -2.76. The third-order valence-corrected chi connectivity index (χ3v) is 4.94. The highest BCUT2D eigenvalue weighted by Gasteiger charge is 2.32. The van der Waals surface area contributed by atoms with E-state index in [-0.39, 0.29) is 17.7 Å². The molecule has 0 radical (unpaired) electrons. The Morgan fingerprint density at radius 1 is 1.12 bits per heavy atom. The van der Waals surface area contributed by atoms with E-state index in [0.29, 0.717) is 29.3 Å². The Labute approximate surface area is 153 Å². The van der Waals surface area contributed by atoms with Gasteiger partial charge in [0.05, 0.1) is 20.3 Å². The molecule has 1 saturated heterocycles. The molecule has 1 unspecified atom stereocenters. The number of likely N-dealkylation sites (tertiary alicyclic amines) is 1. The molecule has 138 valence electrons. The third-order valence-electron chi connectivity index (χ3n) is 4.94. The molecule has 1 aliphatic rings. The first kappa shape index (κ1) is 18.0. The number of benzene rings is 1. The zero-order chi connectivity index (χ0) is 18.8. The molecular weight excluding hydrogens is 332 g/mol. The van der Waals surface area contributed by atoms with Crippen molar-refractivity contribution >= 4 is 11.7 Å². The molecule has 6 heteroatoms. The van der Waals surface area contributed by atoms with Gasteiger partial charge in [-0.25, -0.2) is 0 Å². The van der Waals surface area contributed by atoms with E-state index in [2.05, 4.69) is 0 Å². The van der Waals surface area contributed by atoms with E-state index in [1.54, 1.807) is 38.1 Å². The van der Waals surface area contributed by atoms with E-state index < -0.39 is 0 Å². The van der Waals surface area contributed by atoms with Crippen LogP contribution in [0.2, 0.25) is 0 Å². The molecule has 0 bridgehead atoms. The number of Topliss-reactive ketones (excluding diaryl/α,β-unsaturated/α-hetero) is 1. The average Bonchev–Trinajstić information content (AvgIpc) is 3.27. The number of aryl methyl sites for hydroxylation is 1. The van der Waals surface area contributed by atoms with Gasteiger partial charge < -0.3 is 18.9 Å². The summed E-state index contributed by atoms with van der Waals surface area (Å²) in [6, 6.07) is 7.43. The number of methoxy groups -OCH3 is 2. The minimum atomic E-state index is -0.0581. The lowest BCUT2D eigenvalue weighted by Gasteiger charge is -2.26. The van der Waals surface area contributed by atoms with Gasteiger partial charge in [-0.3, -0.25) is 9.59 Å². The van der Waals surface area contributed by atoms with Crippen molar-refractivity contribution in [3.8, 4) is 11.5 Å². The number of hydrogen-bond acceptors (Lipinski definition) is 4. The van der Waals surface area contributed by atoms with Gasteiger partial charge in [0.25, 0.3) is 5.91 Å². The standard InChI is InChI=1S/C20H24N2O4/c1-13(23)15-10-17(21(2)12-15)20(24)22-9-5-6-16(22)14-7-8-18(25-3)19(11-14)26-4/h7-8,10-12,16H,5-6,9H2,1-4H3. The van der Waals surface area contributed by atoms with Crippen molar-refractivity contribution < 1.29 is 19.1 Å². The Bertz CT molecular complexity index is 840. The van der Waals surface area contributed by atoms with Gasteiger partial charge in [0, 0.05) is 25.4 Å². The van der Waals surface area contributed by atoms with Gasteiger partial charge in [-0.05, 0) is 43.5 Å². The van der Waals surface area contributed by atoms with E-state index in [4.69, 9.17) is 9.47 Å². The number of carbonyl (C=O) groups excluding carboxylic acids is 2. The van der Waals surface area contributed by atoms with Crippen LogP contribution in [0.3, 0.4) is 0 Å². The van der Waals surface area contributed by atoms with E-state index >= 15 is 0 Å². The Morgan fingerprint density at radius 2 is 1.85 bits per heavy atom. The summed E-state index contributed by atoms with van der Waals surface area (Å²) >= 11 is 0. The van der Waals surface area contributed by atoms with Crippen LogP contribution in [0.4, 0.5) is 0 Å². The second kappa shape index (κ2) is 7.23.